The van der Waals surface area contributed by atoms with Crippen LogP contribution >= 0.6 is 22.9 Å². The van der Waals surface area contributed by atoms with Crippen molar-refractivity contribution in [1.29, 1.82) is 0 Å². The molecule has 4 nitrogen and oxygen atoms in total. The van der Waals surface area contributed by atoms with E-state index in [0.29, 0.717) is 23.0 Å². The molecule has 2 heterocycles. The summed E-state index contributed by atoms with van der Waals surface area (Å²) in [6.07, 6.45) is 13.2. The van der Waals surface area contributed by atoms with E-state index in [1.54, 1.807) is 0 Å². The van der Waals surface area contributed by atoms with Crippen LogP contribution in [0.25, 0.3) is 21.2 Å². The maximum Gasteiger partial charge on any atom is 0.266 e. The molecule has 1 saturated carbocycles. The second-order valence-electron chi connectivity index (χ2n) is 9.21. The van der Waals surface area contributed by atoms with Crippen molar-refractivity contribution in [1.82, 2.24) is 9.88 Å². The molecule has 0 radical (unpaired) electrons. The quantitative estimate of drug-likeness (QED) is 0.239. The van der Waals surface area contributed by atoms with Gasteiger partial charge in [-0.1, -0.05) is 93.3 Å². The zero-order chi connectivity index (χ0) is 28.0. The Morgan fingerprint density at radius 3 is 2.38 bits per heavy atom. The molecule has 0 unspecified atom stereocenters. The second kappa shape index (κ2) is 16.2. The number of nitrogens with zero attached hydrogens (tertiary/aromatic N) is 2. The van der Waals surface area contributed by atoms with Crippen molar-refractivity contribution >= 4 is 38.9 Å². The minimum Gasteiger partial charge on any atom is -0.331 e. The van der Waals surface area contributed by atoms with Gasteiger partial charge in [0.25, 0.3) is 5.91 Å². The van der Waals surface area contributed by atoms with Gasteiger partial charge in [-0.05, 0) is 60.7 Å². The average molecular weight is 562 g/mol. The molecule has 1 aliphatic carbocycles. The number of nitrogens with two attached hydrogens (primary N) is 1. The molecule has 5 rings (SSSR count). The molecule has 1 amide bonds. The Kier molecular flexibility index (Phi) is 12.7. The number of rotatable bonds is 6. The van der Waals surface area contributed by atoms with E-state index >= 15 is 0 Å². The molecular weight excluding hydrogens is 522 g/mol. The van der Waals surface area contributed by atoms with Gasteiger partial charge in [0.1, 0.15) is 4.88 Å². The van der Waals surface area contributed by atoms with Crippen LogP contribution in [-0.4, -0.2) is 28.4 Å². The molecule has 0 aliphatic heterocycles. The number of pyridine rings is 1. The van der Waals surface area contributed by atoms with Gasteiger partial charge in [-0.15, -0.1) is 11.3 Å². The Morgan fingerprint density at radius 1 is 1.03 bits per heavy atom. The highest BCUT2D eigenvalue weighted by Gasteiger charge is 2.29. The maximum absolute atomic E-state index is 13.8. The lowest BCUT2D eigenvalue weighted by molar-refractivity contribution is 0.0619. The molecule has 2 aromatic carbocycles. The zero-order valence-corrected chi connectivity index (χ0v) is 24.8. The third kappa shape index (κ3) is 8.25. The third-order valence-corrected chi connectivity index (χ3v) is 8.33. The summed E-state index contributed by atoms with van der Waals surface area (Å²) in [5.41, 5.74) is 8.46. The smallest absolute Gasteiger partial charge is 0.266 e. The summed E-state index contributed by atoms with van der Waals surface area (Å²) in [5, 5.41) is 1.55. The van der Waals surface area contributed by atoms with Crippen LogP contribution < -0.4 is 5.73 Å². The Bertz CT molecular complexity index is 1330. The molecule has 1 aliphatic rings. The Morgan fingerprint density at radius 2 is 1.74 bits per heavy atom. The highest BCUT2D eigenvalue weighted by Crippen LogP contribution is 2.37. The standard InChI is InChI=1S/C27H25ClN2OS.C4H9N.C2H6/c28-25-23-11-4-5-12-24(23)32-26(25)27(31)30(22-9-2-1-3-10-22)18-19-7-6-8-21(17-19)20-13-15-29-16-14-20;1-2-3-4-5;1-2/h4-8,11-17,22H,1-3,9-10,18H2;2-3H,4-5H2,1H3;1-2H3/b;3-2-;. The van der Waals surface area contributed by atoms with Gasteiger partial charge in [0, 0.05) is 41.6 Å². The molecule has 1 fully saturated rings. The lowest BCUT2D eigenvalue weighted by Gasteiger charge is -2.34. The van der Waals surface area contributed by atoms with Gasteiger partial charge in [0.2, 0.25) is 0 Å². The number of carbonyl (C=O) groups is 1. The molecule has 0 spiro atoms. The van der Waals surface area contributed by atoms with Gasteiger partial charge in [-0.25, -0.2) is 0 Å². The van der Waals surface area contributed by atoms with Gasteiger partial charge in [0.15, 0.2) is 0 Å². The van der Waals surface area contributed by atoms with Crippen molar-refractivity contribution in [3.63, 3.8) is 0 Å². The van der Waals surface area contributed by atoms with Crippen molar-refractivity contribution in [3.05, 3.63) is 101 Å². The molecule has 0 atom stereocenters. The molecule has 0 bridgehead atoms. The van der Waals surface area contributed by atoms with Crippen LogP contribution in [0.2, 0.25) is 5.02 Å². The van der Waals surface area contributed by atoms with E-state index in [1.807, 2.05) is 81.7 Å². The summed E-state index contributed by atoms with van der Waals surface area (Å²) in [7, 11) is 0. The zero-order valence-electron chi connectivity index (χ0n) is 23.3. The highest BCUT2D eigenvalue weighted by atomic mass is 35.5. The molecule has 4 aromatic rings. The molecule has 0 saturated heterocycles. The van der Waals surface area contributed by atoms with Gasteiger partial charge in [0.05, 0.1) is 5.02 Å². The van der Waals surface area contributed by atoms with Gasteiger partial charge < -0.3 is 10.6 Å². The van der Waals surface area contributed by atoms with Crippen molar-refractivity contribution in [2.24, 2.45) is 5.73 Å². The Labute approximate surface area is 242 Å². The summed E-state index contributed by atoms with van der Waals surface area (Å²) in [6.45, 7) is 7.20. The first-order chi connectivity index (χ1) is 19.1. The minimum atomic E-state index is 0.0532. The largest absolute Gasteiger partial charge is 0.331 e. The second-order valence-corrected chi connectivity index (χ2v) is 10.6. The fourth-order valence-electron chi connectivity index (χ4n) is 4.77. The van der Waals surface area contributed by atoms with Crippen LogP contribution in [0.15, 0.2) is 85.2 Å². The normalized spacial score (nSPS) is 13.4. The summed E-state index contributed by atoms with van der Waals surface area (Å²) >= 11 is 8.21. The summed E-state index contributed by atoms with van der Waals surface area (Å²) in [6, 6.07) is 20.7. The van der Waals surface area contributed by atoms with E-state index < -0.39 is 0 Å². The molecule has 39 heavy (non-hydrogen) atoms. The molecular formula is C33H40ClN3OS. The van der Waals surface area contributed by atoms with Gasteiger partial charge in [-0.3, -0.25) is 9.78 Å². The number of benzene rings is 2. The van der Waals surface area contributed by atoms with E-state index in [9.17, 15) is 4.79 Å². The predicted octanol–water partition coefficient (Wildman–Crippen LogP) is 9.14. The van der Waals surface area contributed by atoms with E-state index in [0.717, 1.165) is 39.6 Å². The number of hydrogen-bond acceptors (Lipinski definition) is 4. The molecule has 6 heteroatoms. The number of allylic oxidation sites excluding steroid dienone is 1. The third-order valence-electron chi connectivity index (χ3n) is 6.67. The molecule has 2 N–H and O–H groups in total. The fourth-order valence-corrected chi connectivity index (χ4v) is 6.24. The van der Waals surface area contributed by atoms with E-state index in [1.165, 1.54) is 30.6 Å². The maximum atomic E-state index is 13.8. The number of carbonyl (C=O) groups excluding carboxylic acids is 1. The lowest BCUT2D eigenvalue weighted by Crippen LogP contribution is -2.40. The lowest BCUT2D eigenvalue weighted by atomic mass is 9.93. The van der Waals surface area contributed by atoms with Crippen LogP contribution in [0.5, 0.6) is 0 Å². The SMILES string of the molecule is C/C=C\CN.CC.O=C(c1sc2ccccc2c1Cl)N(Cc1cccc(-c2ccncc2)c1)C1CCCCC1. The van der Waals surface area contributed by atoms with Crippen LogP contribution in [0, 0.1) is 0 Å². The summed E-state index contributed by atoms with van der Waals surface area (Å²) < 4.78 is 1.06. The molecule has 206 valence electrons. The van der Waals surface area contributed by atoms with Crippen molar-refractivity contribution in [2.45, 2.75) is 65.5 Å². The number of hydrogen-bond donors (Lipinski definition) is 1. The number of halogens is 1. The van der Waals surface area contributed by atoms with Crippen molar-refractivity contribution in [3.8, 4) is 11.1 Å². The predicted molar refractivity (Wildman–Crippen MR) is 168 cm³/mol. The number of aromatic nitrogens is 1. The van der Waals surface area contributed by atoms with Crippen molar-refractivity contribution < 1.29 is 4.79 Å². The van der Waals surface area contributed by atoms with E-state index in [-0.39, 0.29) is 11.9 Å². The number of fused-ring (bicyclic) bond motifs is 1. The minimum absolute atomic E-state index is 0.0532. The van der Waals surface area contributed by atoms with E-state index in [4.69, 9.17) is 17.3 Å². The summed E-state index contributed by atoms with van der Waals surface area (Å²) in [5.74, 6) is 0.0532. The highest BCUT2D eigenvalue weighted by molar-refractivity contribution is 7.21. The first kappa shape index (κ1) is 30.6. The number of amides is 1. The van der Waals surface area contributed by atoms with Crippen LogP contribution in [0.4, 0.5) is 0 Å². The fraction of sp³-hybridized carbons (Fsp3) is 0.333. The Hall–Kier alpha value is -2.99. The topological polar surface area (TPSA) is 59.2 Å². The van der Waals surface area contributed by atoms with Crippen LogP contribution in [0.3, 0.4) is 0 Å². The summed E-state index contributed by atoms with van der Waals surface area (Å²) in [4.78, 5) is 20.7. The Balaban J connectivity index is 0.000000542. The number of thiophene rings is 1. The van der Waals surface area contributed by atoms with Crippen LogP contribution in [-0.2, 0) is 6.54 Å². The first-order valence-electron chi connectivity index (χ1n) is 13.9. The average Bonchev–Trinajstić information content (AvgIpc) is 3.35. The van der Waals surface area contributed by atoms with Gasteiger partial charge >= 0.3 is 0 Å². The van der Waals surface area contributed by atoms with Crippen molar-refractivity contribution in [2.75, 3.05) is 6.54 Å². The first-order valence-corrected chi connectivity index (χ1v) is 15.1. The van der Waals surface area contributed by atoms with Crippen LogP contribution in [0.1, 0.15) is 68.1 Å². The van der Waals surface area contributed by atoms with E-state index in [2.05, 4.69) is 34.1 Å². The molecule has 2 aromatic heterocycles. The monoisotopic (exact) mass is 561 g/mol. The van der Waals surface area contributed by atoms with Gasteiger partial charge in [-0.2, -0.15) is 0 Å².